The van der Waals surface area contributed by atoms with Crippen molar-refractivity contribution >= 4 is 5.82 Å². The first kappa shape index (κ1) is 19.5. The molecule has 0 saturated carbocycles. The molecule has 0 bridgehead atoms. The molecule has 4 rings (SSSR count). The van der Waals surface area contributed by atoms with E-state index in [1.807, 2.05) is 12.3 Å². The minimum atomic E-state index is 0.685. The minimum absolute atomic E-state index is 0.685. The standard InChI is InChI=1S/C23H35N5/c1-20(2)25-16-10-21(11-17-25)26-13-7-14-27(19-18-26)23-9-4-6-15-28(23)22-8-3-5-12-24-22/h3-6,8-9,12,20-21H,7,10-11,13-19H2,1-2H3. The largest absolute Gasteiger partial charge is 0.357 e. The van der Waals surface area contributed by atoms with E-state index in [0.29, 0.717) is 6.04 Å². The highest BCUT2D eigenvalue weighted by Crippen LogP contribution is 2.25. The lowest BCUT2D eigenvalue weighted by atomic mass is 10.0. The van der Waals surface area contributed by atoms with Gasteiger partial charge in [0.1, 0.15) is 11.6 Å². The van der Waals surface area contributed by atoms with Crippen LogP contribution in [0.15, 0.2) is 48.4 Å². The Morgan fingerprint density at radius 2 is 1.86 bits per heavy atom. The molecule has 0 unspecified atom stereocenters. The van der Waals surface area contributed by atoms with Gasteiger partial charge in [-0.3, -0.25) is 4.90 Å². The molecule has 2 fully saturated rings. The van der Waals surface area contributed by atoms with E-state index < -0.39 is 0 Å². The Hall–Kier alpha value is -1.85. The van der Waals surface area contributed by atoms with Gasteiger partial charge in [0, 0.05) is 51.0 Å². The highest BCUT2D eigenvalue weighted by Gasteiger charge is 2.28. The fourth-order valence-corrected chi connectivity index (χ4v) is 4.80. The number of rotatable bonds is 4. The molecule has 0 atom stereocenters. The van der Waals surface area contributed by atoms with Crippen LogP contribution in [0.4, 0.5) is 5.82 Å². The van der Waals surface area contributed by atoms with Gasteiger partial charge in [0.25, 0.3) is 0 Å². The Kier molecular flexibility index (Phi) is 6.33. The highest BCUT2D eigenvalue weighted by molar-refractivity contribution is 5.48. The molecule has 1 aromatic rings. The van der Waals surface area contributed by atoms with E-state index >= 15 is 0 Å². The maximum Gasteiger partial charge on any atom is 0.134 e. The lowest BCUT2D eigenvalue weighted by Crippen LogP contribution is -2.48. The van der Waals surface area contributed by atoms with Crippen LogP contribution in [0.2, 0.25) is 0 Å². The summed E-state index contributed by atoms with van der Waals surface area (Å²) < 4.78 is 0. The molecule has 1 aromatic heterocycles. The van der Waals surface area contributed by atoms with Crippen LogP contribution in [0.25, 0.3) is 0 Å². The van der Waals surface area contributed by atoms with Crippen LogP contribution in [0, 0.1) is 0 Å². The number of nitrogens with zero attached hydrogens (tertiary/aromatic N) is 5. The smallest absolute Gasteiger partial charge is 0.134 e. The van der Waals surface area contributed by atoms with Gasteiger partial charge in [0.15, 0.2) is 0 Å². The molecule has 4 heterocycles. The van der Waals surface area contributed by atoms with E-state index in [4.69, 9.17) is 0 Å². The second-order valence-corrected chi connectivity index (χ2v) is 8.49. The quantitative estimate of drug-likeness (QED) is 0.798. The fourth-order valence-electron chi connectivity index (χ4n) is 4.80. The molecular weight excluding hydrogens is 346 g/mol. The highest BCUT2D eigenvalue weighted by atomic mass is 15.4. The Balaban J connectivity index is 1.38. The topological polar surface area (TPSA) is 25.9 Å². The van der Waals surface area contributed by atoms with Crippen molar-refractivity contribution < 1.29 is 0 Å². The number of pyridine rings is 1. The van der Waals surface area contributed by atoms with E-state index in [0.717, 1.165) is 31.5 Å². The van der Waals surface area contributed by atoms with Gasteiger partial charge in [0.2, 0.25) is 0 Å². The van der Waals surface area contributed by atoms with Gasteiger partial charge >= 0.3 is 0 Å². The maximum absolute atomic E-state index is 4.59. The molecule has 5 heteroatoms. The molecule has 5 nitrogen and oxygen atoms in total. The summed E-state index contributed by atoms with van der Waals surface area (Å²) in [4.78, 5) is 14.9. The van der Waals surface area contributed by atoms with Gasteiger partial charge < -0.3 is 14.7 Å². The van der Waals surface area contributed by atoms with Crippen molar-refractivity contribution in [2.45, 2.75) is 45.2 Å². The van der Waals surface area contributed by atoms with Crippen molar-refractivity contribution in [1.29, 1.82) is 0 Å². The molecule has 0 aliphatic carbocycles. The molecular formula is C23H35N5. The third-order valence-electron chi connectivity index (χ3n) is 6.47. The van der Waals surface area contributed by atoms with Crippen LogP contribution in [0.5, 0.6) is 0 Å². The predicted octanol–water partition coefficient (Wildman–Crippen LogP) is 3.18. The van der Waals surface area contributed by atoms with E-state index in [1.165, 1.54) is 51.3 Å². The lowest BCUT2D eigenvalue weighted by molar-refractivity contribution is 0.0947. The number of hydrogen-bond donors (Lipinski definition) is 0. The molecule has 0 spiro atoms. The Labute approximate surface area is 170 Å². The summed E-state index contributed by atoms with van der Waals surface area (Å²) in [5.74, 6) is 2.35. The van der Waals surface area contributed by atoms with E-state index in [9.17, 15) is 0 Å². The van der Waals surface area contributed by atoms with Crippen LogP contribution in [-0.4, -0.2) is 77.6 Å². The van der Waals surface area contributed by atoms with E-state index in [-0.39, 0.29) is 0 Å². The molecule has 152 valence electrons. The Morgan fingerprint density at radius 1 is 1.00 bits per heavy atom. The maximum atomic E-state index is 4.59. The number of hydrogen-bond acceptors (Lipinski definition) is 5. The van der Waals surface area contributed by atoms with E-state index in [2.05, 4.69) is 68.8 Å². The molecule has 28 heavy (non-hydrogen) atoms. The second kappa shape index (κ2) is 9.10. The van der Waals surface area contributed by atoms with Crippen molar-refractivity contribution in [3.8, 4) is 0 Å². The van der Waals surface area contributed by atoms with Crippen LogP contribution >= 0.6 is 0 Å². The number of anilines is 1. The summed E-state index contributed by atoms with van der Waals surface area (Å²) >= 11 is 0. The fraction of sp³-hybridized carbons (Fsp3) is 0.609. The summed E-state index contributed by atoms with van der Waals surface area (Å²) in [5.41, 5.74) is 0. The summed E-state index contributed by atoms with van der Waals surface area (Å²) in [5, 5.41) is 0. The minimum Gasteiger partial charge on any atom is -0.357 e. The first-order chi connectivity index (χ1) is 13.7. The summed E-state index contributed by atoms with van der Waals surface area (Å²) in [7, 11) is 0. The number of aromatic nitrogens is 1. The zero-order valence-electron chi connectivity index (χ0n) is 17.5. The van der Waals surface area contributed by atoms with E-state index in [1.54, 1.807) is 0 Å². The number of allylic oxidation sites excluding steroid dienone is 2. The molecule has 2 saturated heterocycles. The average molecular weight is 382 g/mol. The van der Waals surface area contributed by atoms with Gasteiger partial charge in [-0.1, -0.05) is 18.2 Å². The van der Waals surface area contributed by atoms with Crippen LogP contribution in [0.1, 0.15) is 33.1 Å². The van der Waals surface area contributed by atoms with Crippen molar-refractivity contribution in [3.63, 3.8) is 0 Å². The average Bonchev–Trinajstić information content (AvgIpc) is 3.01. The number of piperidine rings is 1. The van der Waals surface area contributed by atoms with Crippen LogP contribution in [-0.2, 0) is 0 Å². The summed E-state index contributed by atoms with van der Waals surface area (Å²) in [6.07, 6.45) is 12.4. The molecule has 0 amide bonds. The predicted molar refractivity (Wildman–Crippen MR) is 116 cm³/mol. The summed E-state index contributed by atoms with van der Waals surface area (Å²) in [6.45, 7) is 12.7. The Morgan fingerprint density at radius 3 is 2.61 bits per heavy atom. The van der Waals surface area contributed by atoms with Crippen LogP contribution in [0.3, 0.4) is 0 Å². The van der Waals surface area contributed by atoms with Crippen LogP contribution < -0.4 is 4.90 Å². The number of likely N-dealkylation sites (tertiary alicyclic amines) is 1. The van der Waals surface area contributed by atoms with Crippen molar-refractivity contribution in [3.05, 3.63) is 48.4 Å². The third kappa shape index (κ3) is 4.41. The zero-order valence-corrected chi connectivity index (χ0v) is 17.5. The van der Waals surface area contributed by atoms with Crippen molar-refractivity contribution in [2.24, 2.45) is 0 Å². The molecule has 3 aliphatic heterocycles. The first-order valence-corrected chi connectivity index (χ1v) is 11.0. The Bertz CT molecular complexity index is 675. The SMILES string of the molecule is CC(C)N1CCC(N2CCCN(C3=CC=CCN3c3ccccn3)CC2)CC1. The van der Waals surface area contributed by atoms with Crippen molar-refractivity contribution in [1.82, 2.24) is 19.7 Å². The molecule has 0 N–H and O–H groups in total. The lowest BCUT2D eigenvalue weighted by Gasteiger charge is -2.40. The molecule has 3 aliphatic rings. The normalized spacial score (nSPS) is 23.2. The zero-order chi connectivity index (χ0) is 19.3. The monoisotopic (exact) mass is 381 g/mol. The van der Waals surface area contributed by atoms with Gasteiger partial charge in [-0.05, 0) is 64.4 Å². The molecule has 0 radical (unpaired) electrons. The molecule has 0 aromatic carbocycles. The van der Waals surface area contributed by atoms with Crippen molar-refractivity contribution in [2.75, 3.05) is 50.7 Å². The third-order valence-corrected chi connectivity index (χ3v) is 6.47. The van der Waals surface area contributed by atoms with Gasteiger partial charge in [-0.2, -0.15) is 0 Å². The summed E-state index contributed by atoms with van der Waals surface area (Å²) in [6, 6.07) is 7.62. The van der Waals surface area contributed by atoms with Gasteiger partial charge in [-0.15, -0.1) is 0 Å². The first-order valence-electron chi connectivity index (χ1n) is 11.0. The second-order valence-electron chi connectivity index (χ2n) is 8.49. The van der Waals surface area contributed by atoms with Gasteiger partial charge in [-0.25, -0.2) is 4.98 Å². The van der Waals surface area contributed by atoms with Gasteiger partial charge in [0.05, 0.1) is 0 Å².